The zero-order valence-corrected chi connectivity index (χ0v) is 10.9. The molecule has 17 heavy (non-hydrogen) atoms. The van der Waals surface area contributed by atoms with Gasteiger partial charge < -0.3 is 11.1 Å². The minimum Gasteiger partial charge on any atom is -0.352 e. The van der Waals surface area contributed by atoms with Crippen molar-refractivity contribution in [3.8, 4) is 0 Å². The van der Waals surface area contributed by atoms with Gasteiger partial charge in [0.15, 0.2) is 0 Å². The van der Waals surface area contributed by atoms with Crippen molar-refractivity contribution in [3.05, 3.63) is 35.4 Å². The number of hydrogen-bond acceptors (Lipinski definition) is 2. The number of benzene rings is 1. The van der Waals surface area contributed by atoms with Crippen molar-refractivity contribution in [2.45, 2.75) is 33.7 Å². The molecule has 3 N–H and O–H groups in total. The van der Waals surface area contributed by atoms with Gasteiger partial charge in [-0.15, -0.1) is 0 Å². The summed E-state index contributed by atoms with van der Waals surface area (Å²) in [6.45, 7) is 7.00. The Morgan fingerprint density at radius 1 is 1.29 bits per heavy atom. The molecule has 0 saturated heterocycles. The van der Waals surface area contributed by atoms with Crippen molar-refractivity contribution in [2.75, 3.05) is 6.54 Å². The van der Waals surface area contributed by atoms with Gasteiger partial charge in [0.05, 0.1) is 0 Å². The fourth-order valence-electron chi connectivity index (χ4n) is 1.60. The van der Waals surface area contributed by atoms with Gasteiger partial charge in [-0.1, -0.05) is 43.7 Å². The van der Waals surface area contributed by atoms with Crippen molar-refractivity contribution in [2.24, 2.45) is 11.1 Å². The van der Waals surface area contributed by atoms with Crippen LogP contribution < -0.4 is 11.1 Å². The van der Waals surface area contributed by atoms with Gasteiger partial charge in [0.25, 0.3) is 0 Å². The summed E-state index contributed by atoms with van der Waals surface area (Å²) >= 11 is 0. The van der Waals surface area contributed by atoms with Crippen molar-refractivity contribution in [3.63, 3.8) is 0 Å². The highest BCUT2D eigenvalue weighted by Crippen LogP contribution is 2.19. The number of carbonyl (C=O) groups is 1. The molecule has 3 nitrogen and oxygen atoms in total. The molecule has 0 radical (unpaired) electrons. The Balaban J connectivity index is 2.50. The number of carbonyl (C=O) groups excluding carboxylic acids is 1. The molecule has 1 amide bonds. The van der Waals surface area contributed by atoms with Crippen molar-refractivity contribution < 1.29 is 4.79 Å². The summed E-state index contributed by atoms with van der Waals surface area (Å²) in [4.78, 5) is 11.9. The maximum absolute atomic E-state index is 11.9. The van der Waals surface area contributed by atoms with Crippen LogP contribution in [0.4, 0.5) is 0 Å². The van der Waals surface area contributed by atoms with E-state index < -0.39 is 0 Å². The lowest BCUT2D eigenvalue weighted by atomic mass is 9.88. The Labute approximate surface area is 103 Å². The third kappa shape index (κ3) is 4.19. The molecule has 0 atom stereocenters. The number of amides is 1. The Bertz CT molecular complexity index is 368. The first-order valence-electron chi connectivity index (χ1n) is 5.99. The molecule has 1 aromatic rings. The SMILES string of the molecule is Cc1ccc(CNC(=O)C(C)(C)CCN)cc1. The van der Waals surface area contributed by atoms with Crippen molar-refractivity contribution in [1.82, 2.24) is 5.32 Å². The van der Waals surface area contributed by atoms with Gasteiger partial charge in [-0.3, -0.25) is 4.79 Å². The van der Waals surface area contributed by atoms with Gasteiger partial charge in [-0.25, -0.2) is 0 Å². The lowest BCUT2D eigenvalue weighted by Crippen LogP contribution is -2.37. The van der Waals surface area contributed by atoms with E-state index in [1.165, 1.54) is 5.56 Å². The molecule has 0 fully saturated rings. The highest BCUT2D eigenvalue weighted by atomic mass is 16.2. The first-order chi connectivity index (χ1) is 7.95. The van der Waals surface area contributed by atoms with Crippen molar-refractivity contribution in [1.29, 1.82) is 0 Å². The molecular formula is C14H22N2O. The monoisotopic (exact) mass is 234 g/mol. The van der Waals surface area contributed by atoms with Gasteiger partial charge in [-0.05, 0) is 25.5 Å². The van der Waals surface area contributed by atoms with Gasteiger partial charge in [0.1, 0.15) is 0 Å². The lowest BCUT2D eigenvalue weighted by molar-refractivity contribution is -0.129. The van der Waals surface area contributed by atoms with Crippen molar-refractivity contribution >= 4 is 5.91 Å². The standard InChI is InChI=1S/C14H22N2O/c1-11-4-6-12(7-5-11)10-16-13(17)14(2,3)8-9-15/h4-7H,8-10,15H2,1-3H3,(H,16,17). The molecule has 1 rings (SSSR count). The third-order valence-corrected chi connectivity index (χ3v) is 2.96. The average molecular weight is 234 g/mol. The fourth-order valence-corrected chi connectivity index (χ4v) is 1.60. The Kier molecular flexibility index (Phi) is 4.70. The van der Waals surface area contributed by atoms with Gasteiger partial charge in [0, 0.05) is 12.0 Å². The Hall–Kier alpha value is -1.35. The van der Waals surface area contributed by atoms with Crippen LogP contribution in [0.1, 0.15) is 31.4 Å². The summed E-state index contributed by atoms with van der Waals surface area (Å²) in [7, 11) is 0. The van der Waals surface area contributed by atoms with Gasteiger partial charge in [0.2, 0.25) is 5.91 Å². The van der Waals surface area contributed by atoms with E-state index in [1.54, 1.807) is 0 Å². The molecule has 0 heterocycles. The van der Waals surface area contributed by atoms with Crippen LogP contribution in [0.15, 0.2) is 24.3 Å². The van der Waals surface area contributed by atoms with E-state index in [-0.39, 0.29) is 11.3 Å². The lowest BCUT2D eigenvalue weighted by Gasteiger charge is -2.22. The first-order valence-corrected chi connectivity index (χ1v) is 5.99. The van der Waals surface area contributed by atoms with E-state index >= 15 is 0 Å². The largest absolute Gasteiger partial charge is 0.352 e. The molecule has 0 unspecified atom stereocenters. The number of nitrogens with one attached hydrogen (secondary N) is 1. The van der Waals surface area contributed by atoms with E-state index in [4.69, 9.17) is 5.73 Å². The highest BCUT2D eigenvalue weighted by Gasteiger charge is 2.25. The van der Waals surface area contributed by atoms with E-state index in [1.807, 2.05) is 45.0 Å². The summed E-state index contributed by atoms with van der Waals surface area (Å²) in [6.07, 6.45) is 0.701. The second kappa shape index (κ2) is 5.82. The second-order valence-electron chi connectivity index (χ2n) is 5.09. The zero-order valence-electron chi connectivity index (χ0n) is 10.9. The number of rotatable bonds is 5. The molecule has 3 heteroatoms. The molecule has 0 bridgehead atoms. The van der Waals surface area contributed by atoms with Crippen LogP contribution in [0.5, 0.6) is 0 Å². The van der Waals surface area contributed by atoms with Crippen LogP contribution in [0.25, 0.3) is 0 Å². The molecule has 94 valence electrons. The normalized spacial score (nSPS) is 11.3. The second-order valence-corrected chi connectivity index (χ2v) is 5.09. The molecule has 0 aromatic heterocycles. The summed E-state index contributed by atoms with van der Waals surface area (Å²) in [5, 5.41) is 2.95. The Morgan fingerprint density at radius 3 is 2.41 bits per heavy atom. The average Bonchev–Trinajstić information content (AvgIpc) is 2.27. The molecule has 0 aliphatic rings. The Morgan fingerprint density at radius 2 is 1.88 bits per heavy atom. The molecule has 0 aliphatic carbocycles. The van der Waals surface area contributed by atoms with Crippen LogP contribution in [0, 0.1) is 12.3 Å². The van der Waals surface area contributed by atoms with Gasteiger partial charge >= 0.3 is 0 Å². The van der Waals surface area contributed by atoms with E-state index in [0.29, 0.717) is 19.5 Å². The summed E-state index contributed by atoms with van der Waals surface area (Å²) in [6, 6.07) is 8.16. The fraction of sp³-hybridized carbons (Fsp3) is 0.500. The summed E-state index contributed by atoms with van der Waals surface area (Å²) in [5.74, 6) is 0.0588. The summed E-state index contributed by atoms with van der Waals surface area (Å²) < 4.78 is 0. The molecule has 0 spiro atoms. The third-order valence-electron chi connectivity index (χ3n) is 2.96. The quantitative estimate of drug-likeness (QED) is 0.818. The molecule has 0 aliphatic heterocycles. The van der Waals surface area contributed by atoms with Crippen LogP contribution in [-0.4, -0.2) is 12.5 Å². The first kappa shape index (κ1) is 13.7. The van der Waals surface area contributed by atoms with Crippen LogP contribution in [0.3, 0.4) is 0 Å². The predicted molar refractivity (Wildman–Crippen MR) is 70.5 cm³/mol. The highest BCUT2D eigenvalue weighted by molar-refractivity contribution is 5.81. The van der Waals surface area contributed by atoms with Crippen LogP contribution in [0.2, 0.25) is 0 Å². The van der Waals surface area contributed by atoms with E-state index in [9.17, 15) is 4.79 Å². The predicted octanol–water partition coefficient (Wildman–Crippen LogP) is 1.99. The number of hydrogen-bond donors (Lipinski definition) is 2. The molecule has 0 saturated carbocycles. The maximum Gasteiger partial charge on any atom is 0.225 e. The minimum absolute atomic E-state index is 0.0588. The number of aryl methyl sites for hydroxylation is 1. The maximum atomic E-state index is 11.9. The minimum atomic E-state index is -0.389. The van der Waals surface area contributed by atoms with Gasteiger partial charge in [-0.2, -0.15) is 0 Å². The summed E-state index contributed by atoms with van der Waals surface area (Å²) in [5.41, 5.74) is 7.45. The molecule has 1 aromatic carbocycles. The smallest absolute Gasteiger partial charge is 0.225 e. The van der Waals surface area contributed by atoms with Crippen LogP contribution in [-0.2, 0) is 11.3 Å². The molecular weight excluding hydrogens is 212 g/mol. The number of nitrogens with two attached hydrogens (primary N) is 1. The topological polar surface area (TPSA) is 55.1 Å². The van der Waals surface area contributed by atoms with E-state index in [0.717, 1.165) is 5.56 Å². The van der Waals surface area contributed by atoms with E-state index in [2.05, 4.69) is 5.32 Å². The van der Waals surface area contributed by atoms with Crippen LogP contribution >= 0.6 is 0 Å². The zero-order chi connectivity index (χ0) is 12.9.